The molecule has 1 N–H and O–H groups in total. The fourth-order valence-corrected chi connectivity index (χ4v) is 5.45. The highest BCUT2D eigenvalue weighted by molar-refractivity contribution is 7.09. The molecule has 0 atom stereocenters. The molecule has 0 aliphatic carbocycles. The standard InChI is InChI=1S/C26H23N3O5S/c30-24(27-13-16-5-6-21-22(11-16)33-15-32-21)19-14-35-25(28-19)17-7-9-29(10-8-17)26(31)23-12-18-3-1-2-4-20(18)34-23/h1-6,11-12,14,17H,7-10,13,15H2,(H,27,30). The normalized spacial score (nSPS) is 15.5. The molecule has 0 unspecified atom stereocenters. The summed E-state index contributed by atoms with van der Waals surface area (Å²) in [7, 11) is 0. The molecule has 2 aliphatic heterocycles. The van der Waals surface area contributed by atoms with E-state index in [-0.39, 0.29) is 24.5 Å². The lowest BCUT2D eigenvalue weighted by Crippen LogP contribution is -2.37. The van der Waals surface area contributed by atoms with Gasteiger partial charge in [0, 0.05) is 36.3 Å². The van der Waals surface area contributed by atoms with Crippen molar-refractivity contribution in [2.75, 3.05) is 19.9 Å². The highest BCUT2D eigenvalue weighted by atomic mass is 32.1. The van der Waals surface area contributed by atoms with E-state index in [0.29, 0.717) is 36.8 Å². The number of benzene rings is 2. The molecule has 4 aromatic rings. The summed E-state index contributed by atoms with van der Waals surface area (Å²) in [5.41, 5.74) is 2.07. The Bertz CT molecular complexity index is 1370. The van der Waals surface area contributed by atoms with Crippen molar-refractivity contribution in [2.45, 2.75) is 25.3 Å². The van der Waals surface area contributed by atoms with Crippen molar-refractivity contribution in [1.29, 1.82) is 0 Å². The average molecular weight is 490 g/mol. The van der Waals surface area contributed by atoms with E-state index in [1.807, 2.05) is 47.4 Å². The molecule has 4 heterocycles. The highest BCUT2D eigenvalue weighted by Crippen LogP contribution is 2.33. The van der Waals surface area contributed by atoms with Crippen LogP contribution in [0.3, 0.4) is 0 Å². The second kappa shape index (κ2) is 9.07. The molecule has 1 fully saturated rings. The lowest BCUT2D eigenvalue weighted by molar-refractivity contribution is 0.0683. The van der Waals surface area contributed by atoms with Crippen LogP contribution >= 0.6 is 11.3 Å². The predicted octanol–water partition coefficient (Wildman–Crippen LogP) is 4.57. The number of likely N-dealkylation sites (tertiary alicyclic amines) is 1. The minimum absolute atomic E-state index is 0.0811. The van der Waals surface area contributed by atoms with Crippen LogP contribution in [0.4, 0.5) is 0 Å². The summed E-state index contributed by atoms with van der Waals surface area (Å²) < 4.78 is 16.4. The zero-order chi connectivity index (χ0) is 23.8. The second-order valence-corrected chi connectivity index (χ2v) is 9.55. The molecule has 2 aromatic carbocycles. The fourth-order valence-electron chi connectivity index (χ4n) is 4.48. The molecule has 2 aliphatic rings. The van der Waals surface area contributed by atoms with Crippen LogP contribution in [0.25, 0.3) is 11.0 Å². The quantitative estimate of drug-likeness (QED) is 0.442. The monoisotopic (exact) mass is 489 g/mol. The molecular weight excluding hydrogens is 466 g/mol. The second-order valence-electron chi connectivity index (χ2n) is 8.66. The summed E-state index contributed by atoms with van der Waals surface area (Å²) in [5.74, 6) is 1.73. The van der Waals surface area contributed by atoms with Gasteiger partial charge >= 0.3 is 0 Å². The topological polar surface area (TPSA) is 93.9 Å². The molecule has 8 nitrogen and oxygen atoms in total. The molecule has 178 valence electrons. The molecule has 0 radical (unpaired) electrons. The largest absolute Gasteiger partial charge is 0.454 e. The Labute approximate surface area is 205 Å². The number of hydrogen-bond acceptors (Lipinski definition) is 7. The van der Waals surface area contributed by atoms with Crippen molar-refractivity contribution >= 4 is 34.1 Å². The zero-order valence-electron chi connectivity index (χ0n) is 18.9. The van der Waals surface area contributed by atoms with Gasteiger partial charge in [0.1, 0.15) is 11.3 Å². The lowest BCUT2D eigenvalue weighted by Gasteiger charge is -2.30. The Balaban J connectivity index is 1.04. The van der Waals surface area contributed by atoms with E-state index in [9.17, 15) is 9.59 Å². The van der Waals surface area contributed by atoms with Crippen LogP contribution in [-0.4, -0.2) is 41.6 Å². The minimum atomic E-state index is -0.206. The highest BCUT2D eigenvalue weighted by Gasteiger charge is 2.28. The maximum atomic E-state index is 12.9. The minimum Gasteiger partial charge on any atom is -0.454 e. The van der Waals surface area contributed by atoms with Gasteiger partial charge in [-0.3, -0.25) is 9.59 Å². The molecule has 0 bridgehead atoms. The van der Waals surface area contributed by atoms with Crippen molar-refractivity contribution in [3.8, 4) is 11.5 Å². The molecule has 9 heteroatoms. The third kappa shape index (κ3) is 4.35. The van der Waals surface area contributed by atoms with E-state index in [0.717, 1.165) is 40.1 Å². The van der Waals surface area contributed by atoms with Crippen molar-refractivity contribution in [1.82, 2.24) is 15.2 Å². The van der Waals surface area contributed by atoms with Crippen molar-refractivity contribution < 1.29 is 23.5 Å². The van der Waals surface area contributed by atoms with Crippen molar-refractivity contribution in [3.05, 3.63) is 75.9 Å². The molecule has 6 rings (SSSR count). The van der Waals surface area contributed by atoms with Gasteiger partial charge < -0.3 is 24.1 Å². The van der Waals surface area contributed by atoms with Crippen molar-refractivity contribution in [3.63, 3.8) is 0 Å². The van der Waals surface area contributed by atoms with Gasteiger partial charge in [0.2, 0.25) is 6.79 Å². The predicted molar refractivity (Wildman–Crippen MR) is 130 cm³/mol. The van der Waals surface area contributed by atoms with E-state index >= 15 is 0 Å². The fraction of sp³-hybridized carbons (Fsp3) is 0.269. The zero-order valence-corrected chi connectivity index (χ0v) is 19.7. The molecule has 2 amide bonds. The van der Waals surface area contributed by atoms with E-state index in [2.05, 4.69) is 10.3 Å². The lowest BCUT2D eigenvalue weighted by atomic mass is 9.97. The smallest absolute Gasteiger partial charge is 0.289 e. The van der Waals surface area contributed by atoms with Crippen LogP contribution in [-0.2, 0) is 6.54 Å². The third-order valence-electron chi connectivity index (χ3n) is 6.41. The van der Waals surface area contributed by atoms with Gasteiger partial charge in [0.15, 0.2) is 17.3 Å². The van der Waals surface area contributed by atoms with Crippen LogP contribution in [0.15, 0.2) is 58.3 Å². The number of fused-ring (bicyclic) bond motifs is 2. The molecule has 35 heavy (non-hydrogen) atoms. The summed E-state index contributed by atoms with van der Waals surface area (Å²) in [6.45, 7) is 1.86. The van der Waals surface area contributed by atoms with Gasteiger partial charge in [0.25, 0.3) is 11.8 Å². The number of amides is 2. The molecule has 0 saturated carbocycles. The summed E-state index contributed by atoms with van der Waals surface area (Å²) in [5, 5.41) is 6.59. The average Bonchev–Trinajstić information content (AvgIpc) is 3.65. The number of aromatic nitrogens is 1. The molecular formula is C26H23N3O5S. The number of furan rings is 1. The van der Waals surface area contributed by atoms with Gasteiger partial charge in [0.05, 0.1) is 5.01 Å². The van der Waals surface area contributed by atoms with Crippen LogP contribution in [0.2, 0.25) is 0 Å². The van der Waals surface area contributed by atoms with Crippen LogP contribution in [0, 0.1) is 0 Å². The summed E-state index contributed by atoms with van der Waals surface area (Å²) in [6.07, 6.45) is 1.61. The number of thiazole rings is 1. The van der Waals surface area contributed by atoms with Gasteiger partial charge in [-0.05, 0) is 42.7 Å². The SMILES string of the molecule is O=C(NCc1ccc2c(c1)OCO2)c1csc(C2CCN(C(=O)c3cc4ccccc4o3)CC2)n1. The number of ether oxygens (including phenoxy) is 2. The number of nitrogens with zero attached hydrogens (tertiary/aromatic N) is 2. The molecule has 1 saturated heterocycles. The van der Waals surface area contributed by atoms with E-state index in [1.54, 1.807) is 11.4 Å². The Hall–Kier alpha value is -3.85. The Morgan fingerprint density at radius 2 is 1.89 bits per heavy atom. The van der Waals surface area contributed by atoms with Crippen LogP contribution < -0.4 is 14.8 Å². The number of piperidine rings is 1. The van der Waals surface area contributed by atoms with E-state index < -0.39 is 0 Å². The number of rotatable bonds is 5. The first-order valence-electron chi connectivity index (χ1n) is 11.5. The summed E-state index contributed by atoms with van der Waals surface area (Å²) in [6, 6.07) is 15.0. The number of nitrogens with one attached hydrogen (secondary N) is 1. The number of carbonyl (C=O) groups is 2. The summed E-state index contributed by atoms with van der Waals surface area (Å²) >= 11 is 1.50. The van der Waals surface area contributed by atoms with Gasteiger partial charge in [-0.2, -0.15) is 0 Å². The van der Waals surface area contributed by atoms with Crippen molar-refractivity contribution in [2.24, 2.45) is 0 Å². The Morgan fingerprint density at radius 3 is 2.74 bits per heavy atom. The summed E-state index contributed by atoms with van der Waals surface area (Å²) in [4.78, 5) is 32.0. The number of hydrogen-bond donors (Lipinski definition) is 1. The third-order valence-corrected chi connectivity index (χ3v) is 7.42. The van der Waals surface area contributed by atoms with E-state index in [1.165, 1.54) is 11.3 Å². The van der Waals surface area contributed by atoms with Gasteiger partial charge in [-0.25, -0.2) is 4.98 Å². The van der Waals surface area contributed by atoms with Crippen LogP contribution in [0.1, 0.15) is 50.4 Å². The Morgan fingerprint density at radius 1 is 1.06 bits per heavy atom. The maximum absolute atomic E-state index is 12.9. The first-order valence-corrected chi connectivity index (χ1v) is 12.4. The van der Waals surface area contributed by atoms with Gasteiger partial charge in [-0.1, -0.05) is 24.3 Å². The van der Waals surface area contributed by atoms with Crippen LogP contribution in [0.5, 0.6) is 11.5 Å². The number of carbonyl (C=O) groups excluding carboxylic acids is 2. The Kier molecular flexibility index (Phi) is 5.61. The number of para-hydroxylation sites is 1. The maximum Gasteiger partial charge on any atom is 0.289 e. The first-order chi connectivity index (χ1) is 17.1. The van der Waals surface area contributed by atoms with Gasteiger partial charge in [-0.15, -0.1) is 11.3 Å². The van der Waals surface area contributed by atoms with E-state index in [4.69, 9.17) is 13.9 Å². The first kappa shape index (κ1) is 21.7. The molecule has 0 spiro atoms. The molecule has 2 aromatic heterocycles.